The molecule has 1 aromatic heterocycles. The van der Waals surface area contributed by atoms with Gasteiger partial charge in [-0.25, -0.2) is 0 Å². The van der Waals surface area contributed by atoms with Crippen LogP contribution in [0.4, 0.5) is 0 Å². The molecule has 2 aliphatic carbocycles. The molecule has 0 bridgehead atoms. The normalized spacial score (nSPS) is 22.5. The van der Waals surface area contributed by atoms with Gasteiger partial charge < -0.3 is 15.6 Å². The van der Waals surface area contributed by atoms with E-state index in [1.54, 1.807) is 0 Å². The van der Waals surface area contributed by atoms with Crippen molar-refractivity contribution in [2.45, 2.75) is 57.0 Å². The first-order chi connectivity index (χ1) is 11.6. The van der Waals surface area contributed by atoms with Gasteiger partial charge in [0, 0.05) is 5.92 Å². The molecule has 1 aromatic carbocycles. The van der Waals surface area contributed by atoms with Gasteiger partial charge in [-0.15, -0.1) is 12.4 Å². The lowest BCUT2D eigenvalue weighted by Gasteiger charge is -2.18. The van der Waals surface area contributed by atoms with Crippen molar-refractivity contribution in [2.24, 2.45) is 5.73 Å². The van der Waals surface area contributed by atoms with Crippen LogP contribution in [0.5, 0.6) is 0 Å². The van der Waals surface area contributed by atoms with Crippen LogP contribution in [0.3, 0.4) is 0 Å². The Labute approximate surface area is 153 Å². The minimum atomic E-state index is -0.166. The minimum Gasteiger partial charge on any atom is -0.361 e. The van der Waals surface area contributed by atoms with E-state index in [0.717, 1.165) is 30.5 Å². The highest BCUT2D eigenvalue weighted by atomic mass is 35.5. The molecule has 0 aliphatic heterocycles. The molecule has 1 heterocycles. The van der Waals surface area contributed by atoms with Gasteiger partial charge in [0.15, 0.2) is 0 Å². The standard InChI is InChI=1S/C19H23N3O2.ClH/c1-11-16(18(22-24-11)12-6-2-3-7-12)19(23)21-15-10-13-8-4-5-9-14(13)17(15)20;/h4-5,8-9,12,15,17H,2-3,6-7,10,20H2,1H3,(H,21,23);1H/t15-,17-;/m1./s1. The first kappa shape index (κ1) is 18.0. The van der Waals surface area contributed by atoms with Crippen LogP contribution in [-0.2, 0) is 6.42 Å². The number of hydrogen-bond acceptors (Lipinski definition) is 4. The molecular weight excluding hydrogens is 338 g/mol. The van der Waals surface area contributed by atoms with E-state index in [2.05, 4.69) is 16.5 Å². The quantitative estimate of drug-likeness (QED) is 0.877. The number of rotatable bonds is 3. The Hall–Kier alpha value is -1.85. The number of nitrogens with two attached hydrogens (primary N) is 1. The molecule has 3 N–H and O–H groups in total. The van der Waals surface area contributed by atoms with Gasteiger partial charge in [-0.05, 0) is 37.3 Å². The number of carbonyl (C=O) groups is 1. The smallest absolute Gasteiger partial charge is 0.257 e. The third-order valence-corrected chi connectivity index (χ3v) is 5.46. The summed E-state index contributed by atoms with van der Waals surface area (Å²) in [5, 5.41) is 7.30. The fraction of sp³-hybridized carbons (Fsp3) is 0.474. The number of aromatic nitrogens is 1. The van der Waals surface area contributed by atoms with Crippen molar-refractivity contribution in [1.29, 1.82) is 0 Å². The molecule has 2 aliphatic rings. The van der Waals surface area contributed by atoms with Crippen molar-refractivity contribution < 1.29 is 9.32 Å². The predicted molar refractivity (Wildman–Crippen MR) is 98.0 cm³/mol. The SMILES string of the molecule is Cc1onc(C2CCCC2)c1C(=O)N[C@@H]1Cc2ccccc2[C@H]1N.Cl. The summed E-state index contributed by atoms with van der Waals surface area (Å²) in [5.74, 6) is 0.833. The second-order valence-electron chi connectivity index (χ2n) is 6.99. The zero-order valence-electron chi connectivity index (χ0n) is 14.3. The largest absolute Gasteiger partial charge is 0.361 e. The Morgan fingerprint density at radius 3 is 2.72 bits per heavy atom. The maximum atomic E-state index is 12.9. The van der Waals surface area contributed by atoms with Crippen LogP contribution in [0, 0.1) is 6.92 Å². The van der Waals surface area contributed by atoms with Crippen molar-refractivity contribution in [2.75, 3.05) is 0 Å². The molecule has 0 unspecified atom stereocenters. The molecular formula is C19H24ClN3O2. The van der Waals surface area contributed by atoms with Gasteiger partial charge in [0.05, 0.1) is 17.8 Å². The van der Waals surface area contributed by atoms with Crippen LogP contribution in [0.2, 0.25) is 0 Å². The molecule has 5 nitrogen and oxygen atoms in total. The Morgan fingerprint density at radius 2 is 2.00 bits per heavy atom. The van der Waals surface area contributed by atoms with E-state index in [1.807, 2.05) is 25.1 Å². The van der Waals surface area contributed by atoms with Gasteiger partial charge in [0.25, 0.3) is 5.91 Å². The van der Waals surface area contributed by atoms with Crippen LogP contribution in [0.25, 0.3) is 0 Å². The summed E-state index contributed by atoms with van der Waals surface area (Å²) in [4.78, 5) is 12.9. The van der Waals surface area contributed by atoms with Crippen molar-refractivity contribution in [3.63, 3.8) is 0 Å². The molecule has 0 radical (unpaired) electrons. The van der Waals surface area contributed by atoms with Gasteiger partial charge in [0.1, 0.15) is 11.3 Å². The molecule has 4 rings (SSSR count). The summed E-state index contributed by atoms with van der Waals surface area (Å²) in [6.07, 6.45) is 5.33. The maximum Gasteiger partial charge on any atom is 0.257 e. The number of hydrogen-bond donors (Lipinski definition) is 2. The lowest BCUT2D eigenvalue weighted by Crippen LogP contribution is -2.41. The molecule has 2 atom stereocenters. The van der Waals surface area contributed by atoms with Gasteiger partial charge >= 0.3 is 0 Å². The summed E-state index contributed by atoms with van der Waals surface area (Å²) in [5.41, 5.74) is 10.1. The average Bonchev–Trinajstić information content (AvgIpc) is 3.28. The molecule has 1 saturated carbocycles. The Balaban J connectivity index is 0.00000182. The number of nitrogens with zero attached hydrogens (tertiary/aromatic N) is 1. The zero-order chi connectivity index (χ0) is 16.7. The number of halogens is 1. The monoisotopic (exact) mass is 361 g/mol. The Bertz CT molecular complexity index is 768. The Morgan fingerprint density at radius 1 is 1.28 bits per heavy atom. The van der Waals surface area contributed by atoms with Crippen LogP contribution in [0.15, 0.2) is 28.8 Å². The molecule has 1 amide bonds. The lowest BCUT2D eigenvalue weighted by atomic mass is 9.98. The third kappa shape index (κ3) is 3.18. The summed E-state index contributed by atoms with van der Waals surface area (Å²) in [7, 11) is 0. The van der Waals surface area contributed by atoms with E-state index in [9.17, 15) is 4.79 Å². The number of nitrogens with one attached hydrogen (secondary N) is 1. The van der Waals surface area contributed by atoms with E-state index in [1.165, 1.54) is 18.4 Å². The summed E-state index contributed by atoms with van der Waals surface area (Å²) in [6, 6.07) is 7.88. The van der Waals surface area contributed by atoms with Crippen molar-refractivity contribution >= 4 is 18.3 Å². The fourth-order valence-electron chi connectivity index (χ4n) is 4.15. The number of carbonyl (C=O) groups excluding carboxylic acids is 1. The van der Waals surface area contributed by atoms with E-state index in [0.29, 0.717) is 17.2 Å². The van der Waals surface area contributed by atoms with Crippen LogP contribution < -0.4 is 11.1 Å². The van der Waals surface area contributed by atoms with Gasteiger partial charge in [-0.1, -0.05) is 42.3 Å². The van der Waals surface area contributed by atoms with Gasteiger partial charge in [-0.3, -0.25) is 4.79 Å². The van der Waals surface area contributed by atoms with Crippen LogP contribution in [0.1, 0.15) is 70.6 Å². The number of amides is 1. The highest BCUT2D eigenvalue weighted by Crippen LogP contribution is 2.36. The summed E-state index contributed by atoms with van der Waals surface area (Å²) < 4.78 is 5.34. The van der Waals surface area contributed by atoms with Crippen molar-refractivity contribution in [3.05, 3.63) is 52.4 Å². The summed E-state index contributed by atoms with van der Waals surface area (Å²) in [6.45, 7) is 1.81. The second kappa shape index (κ2) is 7.18. The number of fused-ring (bicyclic) bond motifs is 1. The Kier molecular flexibility index (Phi) is 5.16. The van der Waals surface area contributed by atoms with Crippen LogP contribution in [-0.4, -0.2) is 17.1 Å². The summed E-state index contributed by atoms with van der Waals surface area (Å²) >= 11 is 0. The second-order valence-corrected chi connectivity index (χ2v) is 6.99. The minimum absolute atomic E-state index is 0. The first-order valence-corrected chi connectivity index (χ1v) is 8.75. The average molecular weight is 362 g/mol. The van der Waals surface area contributed by atoms with Crippen molar-refractivity contribution in [1.82, 2.24) is 10.5 Å². The highest BCUT2D eigenvalue weighted by Gasteiger charge is 2.34. The van der Waals surface area contributed by atoms with E-state index in [4.69, 9.17) is 10.3 Å². The fourth-order valence-corrected chi connectivity index (χ4v) is 4.15. The molecule has 1 fully saturated rings. The third-order valence-electron chi connectivity index (χ3n) is 5.46. The highest BCUT2D eigenvalue weighted by molar-refractivity contribution is 5.96. The maximum absolute atomic E-state index is 12.9. The molecule has 2 aromatic rings. The number of benzene rings is 1. The predicted octanol–water partition coefficient (Wildman–Crippen LogP) is 3.42. The molecule has 6 heteroatoms. The van der Waals surface area contributed by atoms with E-state index in [-0.39, 0.29) is 30.4 Å². The van der Waals surface area contributed by atoms with Crippen molar-refractivity contribution in [3.8, 4) is 0 Å². The topological polar surface area (TPSA) is 81.2 Å². The van der Waals surface area contributed by atoms with Gasteiger partial charge in [0.2, 0.25) is 0 Å². The van der Waals surface area contributed by atoms with E-state index >= 15 is 0 Å². The zero-order valence-corrected chi connectivity index (χ0v) is 15.1. The number of aryl methyl sites for hydroxylation is 1. The molecule has 0 spiro atoms. The first-order valence-electron chi connectivity index (χ1n) is 8.75. The molecule has 25 heavy (non-hydrogen) atoms. The van der Waals surface area contributed by atoms with Gasteiger partial charge in [-0.2, -0.15) is 0 Å². The molecule has 0 saturated heterocycles. The van der Waals surface area contributed by atoms with E-state index < -0.39 is 0 Å². The molecule has 134 valence electrons. The lowest BCUT2D eigenvalue weighted by molar-refractivity contribution is 0.0930. The van der Waals surface area contributed by atoms with Crippen LogP contribution >= 0.6 is 12.4 Å².